The molecule has 114 valence electrons. The van der Waals surface area contributed by atoms with Crippen LogP contribution in [0.3, 0.4) is 0 Å². The molecule has 3 nitrogen and oxygen atoms in total. The number of hydrazone groups is 1. The molecule has 1 amide bonds. The van der Waals surface area contributed by atoms with Crippen LogP contribution in [0.1, 0.15) is 47.7 Å². The zero-order chi connectivity index (χ0) is 15.8. The van der Waals surface area contributed by atoms with Crippen LogP contribution >= 0.6 is 0 Å². The number of hydrogen-bond acceptors (Lipinski definition) is 2. The van der Waals surface area contributed by atoms with Gasteiger partial charge in [0.25, 0.3) is 5.91 Å². The van der Waals surface area contributed by atoms with Crippen LogP contribution in [-0.2, 0) is 6.42 Å². The monoisotopic (exact) mass is 294 g/mol. The Kier molecular flexibility index (Phi) is 5.90. The number of carbonyl (C=O) groups excluding carboxylic acids is 1. The van der Waals surface area contributed by atoms with Gasteiger partial charge in [-0.1, -0.05) is 56.3 Å². The van der Waals surface area contributed by atoms with Crippen LogP contribution in [-0.4, -0.2) is 12.1 Å². The van der Waals surface area contributed by atoms with Gasteiger partial charge in [-0.3, -0.25) is 4.79 Å². The Hall–Kier alpha value is -2.42. The summed E-state index contributed by atoms with van der Waals surface area (Å²) in [6.45, 7) is 4.26. The molecular weight excluding hydrogens is 272 g/mol. The Labute approximate surface area is 132 Å². The zero-order valence-corrected chi connectivity index (χ0v) is 13.1. The fraction of sp³-hybridized carbons (Fsp3) is 0.263. The zero-order valence-electron chi connectivity index (χ0n) is 13.1. The topological polar surface area (TPSA) is 41.5 Å². The van der Waals surface area contributed by atoms with Crippen LogP contribution in [0.15, 0.2) is 59.7 Å². The first kappa shape index (κ1) is 16.0. The van der Waals surface area contributed by atoms with E-state index in [0.717, 1.165) is 12.8 Å². The fourth-order valence-electron chi connectivity index (χ4n) is 2.13. The highest BCUT2D eigenvalue weighted by Crippen LogP contribution is 2.14. The lowest BCUT2D eigenvalue weighted by Crippen LogP contribution is -2.17. The van der Waals surface area contributed by atoms with Gasteiger partial charge in [-0.05, 0) is 42.0 Å². The minimum atomic E-state index is -0.175. The first-order chi connectivity index (χ1) is 10.7. The Morgan fingerprint density at radius 1 is 1.09 bits per heavy atom. The Bertz CT molecular complexity index is 616. The van der Waals surface area contributed by atoms with Crippen molar-refractivity contribution in [2.75, 3.05) is 0 Å². The second kappa shape index (κ2) is 8.13. The van der Waals surface area contributed by atoms with Gasteiger partial charge in [0.2, 0.25) is 0 Å². The molecule has 0 fully saturated rings. The average Bonchev–Trinajstić information content (AvgIpc) is 2.55. The van der Waals surface area contributed by atoms with E-state index in [2.05, 4.69) is 36.5 Å². The molecule has 2 rings (SSSR count). The number of aryl methyl sites for hydroxylation is 1. The molecule has 2 aromatic rings. The molecular formula is C19H22N2O. The van der Waals surface area contributed by atoms with Crippen LogP contribution in [0, 0.1) is 0 Å². The highest BCUT2D eigenvalue weighted by atomic mass is 16.2. The summed E-state index contributed by atoms with van der Waals surface area (Å²) in [6, 6.07) is 17.9. The van der Waals surface area contributed by atoms with Gasteiger partial charge in [-0.25, -0.2) is 5.43 Å². The number of nitrogens with one attached hydrogen (secondary N) is 1. The minimum absolute atomic E-state index is 0.175. The molecule has 0 aliphatic heterocycles. The van der Waals surface area contributed by atoms with E-state index in [1.165, 1.54) is 11.1 Å². The Morgan fingerprint density at radius 3 is 2.41 bits per heavy atom. The Balaban J connectivity index is 1.78. The number of carbonyl (C=O) groups is 1. The summed E-state index contributed by atoms with van der Waals surface area (Å²) < 4.78 is 0. The molecule has 2 aromatic carbocycles. The molecule has 0 heterocycles. The van der Waals surface area contributed by atoms with Crippen molar-refractivity contribution in [2.24, 2.45) is 5.10 Å². The fourth-order valence-corrected chi connectivity index (χ4v) is 2.13. The van der Waals surface area contributed by atoms with Crippen LogP contribution in [0.5, 0.6) is 0 Å². The molecule has 0 aliphatic carbocycles. The van der Waals surface area contributed by atoms with Crippen LogP contribution in [0.4, 0.5) is 0 Å². The average molecular weight is 294 g/mol. The third kappa shape index (κ3) is 4.85. The smallest absolute Gasteiger partial charge is 0.267 e. The second-order valence-electron chi connectivity index (χ2n) is 5.55. The SMILES string of the molecule is CC(C)c1ccc(C(=O)NN=CCCc2ccccc2)cc1. The summed E-state index contributed by atoms with van der Waals surface area (Å²) in [5.41, 5.74) is 5.69. The quantitative estimate of drug-likeness (QED) is 0.631. The van der Waals surface area contributed by atoms with E-state index < -0.39 is 0 Å². The molecule has 3 heteroatoms. The van der Waals surface area contributed by atoms with Gasteiger partial charge < -0.3 is 0 Å². The normalized spacial score (nSPS) is 11.0. The van der Waals surface area contributed by atoms with Crippen molar-refractivity contribution in [1.82, 2.24) is 5.43 Å². The molecule has 0 atom stereocenters. The maximum atomic E-state index is 11.9. The van der Waals surface area contributed by atoms with Gasteiger partial charge in [0.1, 0.15) is 0 Å². The van der Waals surface area contributed by atoms with E-state index in [1.807, 2.05) is 42.5 Å². The lowest BCUT2D eigenvalue weighted by molar-refractivity contribution is 0.0955. The predicted octanol–water partition coefficient (Wildman–Crippen LogP) is 4.16. The first-order valence-electron chi connectivity index (χ1n) is 7.62. The number of hydrogen-bond donors (Lipinski definition) is 1. The van der Waals surface area contributed by atoms with Crippen LogP contribution in [0.2, 0.25) is 0 Å². The van der Waals surface area contributed by atoms with E-state index in [1.54, 1.807) is 6.21 Å². The maximum Gasteiger partial charge on any atom is 0.271 e. The van der Waals surface area contributed by atoms with Crippen molar-refractivity contribution in [3.05, 3.63) is 71.3 Å². The van der Waals surface area contributed by atoms with Crippen molar-refractivity contribution < 1.29 is 4.79 Å². The molecule has 0 aromatic heterocycles. The summed E-state index contributed by atoms with van der Waals surface area (Å²) in [6.07, 6.45) is 3.47. The van der Waals surface area contributed by atoms with Gasteiger partial charge in [0.05, 0.1) is 0 Å². The molecule has 1 N–H and O–H groups in total. The van der Waals surface area contributed by atoms with Gasteiger partial charge in [0.15, 0.2) is 0 Å². The molecule has 0 radical (unpaired) electrons. The van der Waals surface area contributed by atoms with E-state index in [0.29, 0.717) is 11.5 Å². The summed E-state index contributed by atoms with van der Waals surface area (Å²) >= 11 is 0. The van der Waals surface area contributed by atoms with Gasteiger partial charge in [-0.15, -0.1) is 0 Å². The lowest BCUT2D eigenvalue weighted by atomic mass is 10.0. The summed E-state index contributed by atoms with van der Waals surface area (Å²) in [4.78, 5) is 11.9. The molecule has 0 unspecified atom stereocenters. The minimum Gasteiger partial charge on any atom is -0.267 e. The standard InChI is InChI=1S/C19H22N2O/c1-15(2)17-10-12-18(13-11-17)19(22)21-20-14-6-9-16-7-4-3-5-8-16/h3-5,7-8,10-15H,6,9H2,1-2H3,(H,21,22). The lowest BCUT2D eigenvalue weighted by Gasteiger charge is -2.05. The van der Waals surface area contributed by atoms with E-state index >= 15 is 0 Å². The van der Waals surface area contributed by atoms with Crippen molar-refractivity contribution in [1.29, 1.82) is 0 Å². The number of benzene rings is 2. The van der Waals surface area contributed by atoms with Crippen molar-refractivity contribution >= 4 is 12.1 Å². The largest absolute Gasteiger partial charge is 0.271 e. The van der Waals surface area contributed by atoms with E-state index in [4.69, 9.17) is 0 Å². The molecule has 0 saturated carbocycles. The van der Waals surface area contributed by atoms with Gasteiger partial charge in [0, 0.05) is 11.8 Å². The van der Waals surface area contributed by atoms with Crippen molar-refractivity contribution in [2.45, 2.75) is 32.6 Å². The number of rotatable bonds is 6. The van der Waals surface area contributed by atoms with Crippen LogP contribution in [0.25, 0.3) is 0 Å². The van der Waals surface area contributed by atoms with Crippen LogP contribution < -0.4 is 5.43 Å². The molecule has 0 bridgehead atoms. The maximum absolute atomic E-state index is 11.9. The highest BCUT2D eigenvalue weighted by Gasteiger charge is 2.05. The van der Waals surface area contributed by atoms with E-state index in [-0.39, 0.29) is 5.91 Å². The molecule has 0 spiro atoms. The number of amides is 1. The second-order valence-corrected chi connectivity index (χ2v) is 5.55. The van der Waals surface area contributed by atoms with Gasteiger partial charge in [-0.2, -0.15) is 5.10 Å². The number of nitrogens with zero attached hydrogens (tertiary/aromatic N) is 1. The molecule has 0 saturated heterocycles. The summed E-state index contributed by atoms with van der Waals surface area (Å²) in [7, 11) is 0. The van der Waals surface area contributed by atoms with Crippen molar-refractivity contribution in [3.63, 3.8) is 0 Å². The third-order valence-corrected chi connectivity index (χ3v) is 3.50. The Morgan fingerprint density at radius 2 is 1.77 bits per heavy atom. The van der Waals surface area contributed by atoms with Gasteiger partial charge >= 0.3 is 0 Å². The highest BCUT2D eigenvalue weighted by molar-refractivity contribution is 5.94. The third-order valence-electron chi connectivity index (χ3n) is 3.50. The summed E-state index contributed by atoms with van der Waals surface area (Å²) in [5.74, 6) is 0.291. The first-order valence-corrected chi connectivity index (χ1v) is 7.62. The predicted molar refractivity (Wildman–Crippen MR) is 91.3 cm³/mol. The van der Waals surface area contributed by atoms with Crippen molar-refractivity contribution in [3.8, 4) is 0 Å². The van der Waals surface area contributed by atoms with E-state index in [9.17, 15) is 4.79 Å². The molecule has 0 aliphatic rings. The summed E-state index contributed by atoms with van der Waals surface area (Å²) in [5, 5.41) is 4.00. The molecule has 22 heavy (non-hydrogen) atoms.